The van der Waals surface area contributed by atoms with Crippen molar-refractivity contribution in [3.05, 3.63) is 16.3 Å². The highest BCUT2D eigenvalue weighted by Gasteiger charge is 2.21. The van der Waals surface area contributed by atoms with Gasteiger partial charge in [0.05, 0.1) is 4.90 Å². The summed E-state index contributed by atoms with van der Waals surface area (Å²) in [5, 5.41) is 5.10. The SMILES string of the molecule is CC(C)CNS(=O)(=O)c1csc(CNC2CC2)c1. The number of sulfonamides is 1. The molecule has 2 N–H and O–H groups in total. The Morgan fingerprint density at radius 2 is 2.17 bits per heavy atom. The van der Waals surface area contributed by atoms with Gasteiger partial charge in [0, 0.05) is 29.4 Å². The van der Waals surface area contributed by atoms with Crippen molar-refractivity contribution in [3.8, 4) is 0 Å². The van der Waals surface area contributed by atoms with Crippen molar-refractivity contribution in [1.82, 2.24) is 10.0 Å². The second-order valence-electron chi connectivity index (χ2n) is 5.15. The molecule has 4 nitrogen and oxygen atoms in total. The molecule has 0 aliphatic heterocycles. The quantitative estimate of drug-likeness (QED) is 0.806. The van der Waals surface area contributed by atoms with Crippen LogP contribution in [0.5, 0.6) is 0 Å². The number of hydrogen-bond donors (Lipinski definition) is 2. The van der Waals surface area contributed by atoms with E-state index in [-0.39, 0.29) is 0 Å². The third-order valence-electron chi connectivity index (χ3n) is 2.76. The van der Waals surface area contributed by atoms with Crippen LogP contribution in [0.2, 0.25) is 0 Å². The second-order valence-corrected chi connectivity index (χ2v) is 7.91. The summed E-state index contributed by atoms with van der Waals surface area (Å²) in [6.45, 7) is 5.23. The first-order valence-corrected chi connectivity index (χ1v) is 8.64. The van der Waals surface area contributed by atoms with Crippen LogP contribution in [0.15, 0.2) is 16.3 Å². The van der Waals surface area contributed by atoms with Gasteiger partial charge in [-0.1, -0.05) is 13.8 Å². The van der Waals surface area contributed by atoms with Gasteiger partial charge in [0.15, 0.2) is 0 Å². The van der Waals surface area contributed by atoms with Gasteiger partial charge in [0.2, 0.25) is 10.0 Å². The van der Waals surface area contributed by atoms with Crippen LogP contribution in [0.1, 0.15) is 31.6 Å². The Hall–Kier alpha value is -0.430. The lowest BCUT2D eigenvalue weighted by Crippen LogP contribution is -2.27. The molecular weight excluding hydrogens is 268 g/mol. The molecule has 0 saturated heterocycles. The lowest BCUT2D eigenvalue weighted by molar-refractivity contribution is 0.560. The zero-order valence-electron chi connectivity index (χ0n) is 10.8. The number of rotatable bonds is 7. The van der Waals surface area contributed by atoms with E-state index >= 15 is 0 Å². The van der Waals surface area contributed by atoms with Crippen molar-refractivity contribution >= 4 is 21.4 Å². The molecule has 0 radical (unpaired) electrons. The Balaban J connectivity index is 1.94. The van der Waals surface area contributed by atoms with Crippen LogP contribution >= 0.6 is 11.3 Å². The minimum absolute atomic E-state index is 0.314. The maximum Gasteiger partial charge on any atom is 0.241 e. The standard InChI is InChI=1S/C12H20N2O2S2/c1-9(2)6-14-18(15,16)12-5-11(17-8-12)7-13-10-3-4-10/h5,8-10,13-14H,3-4,6-7H2,1-2H3. The molecule has 1 heterocycles. The summed E-state index contributed by atoms with van der Waals surface area (Å²) in [6.07, 6.45) is 2.49. The monoisotopic (exact) mass is 288 g/mol. The number of thiophene rings is 1. The Morgan fingerprint density at radius 1 is 1.44 bits per heavy atom. The van der Waals surface area contributed by atoms with Crippen LogP contribution in [0.25, 0.3) is 0 Å². The van der Waals surface area contributed by atoms with Gasteiger partial charge in [-0.25, -0.2) is 13.1 Å². The summed E-state index contributed by atoms with van der Waals surface area (Å²) in [5.41, 5.74) is 0. The molecule has 1 aliphatic rings. The molecule has 0 spiro atoms. The van der Waals surface area contributed by atoms with Crippen molar-refractivity contribution in [2.75, 3.05) is 6.54 Å². The first-order valence-electron chi connectivity index (χ1n) is 6.28. The van der Waals surface area contributed by atoms with Gasteiger partial charge >= 0.3 is 0 Å². The van der Waals surface area contributed by atoms with Crippen molar-refractivity contribution in [2.24, 2.45) is 5.92 Å². The molecular formula is C12H20N2O2S2. The summed E-state index contributed by atoms with van der Waals surface area (Å²) in [5.74, 6) is 0.314. The normalized spacial score (nSPS) is 16.4. The van der Waals surface area contributed by atoms with Crippen LogP contribution in [-0.2, 0) is 16.6 Å². The lowest BCUT2D eigenvalue weighted by atomic mass is 10.2. The topological polar surface area (TPSA) is 58.2 Å². The molecule has 6 heteroatoms. The molecule has 1 aliphatic carbocycles. The van der Waals surface area contributed by atoms with Crippen LogP contribution in [0.4, 0.5) is 0 Å². The fourth-order valence-corrected chi connectivity index (χ4v) is 3.93. The molecule has 0 amide bonds. The van der Waals surface area contributed by atoms with E-state index in [1.165, 1.54) is 24.2 Å². The minimum atomic E-state index is -3.32. The molecule has 1 aromatic rings. The van der Waals surface area contributed by atoms with Gasteiger partial charge in [-0.15, -0.1) is 11.3 Å². The first kappa shape index (κ1) is 14.0. The van der Waals surface area contributed by atoms with Gasteiger partial charge in [0.1, 0.15) is 0 Å². The van der Waals surface area contributed by atoms with E-state index in [1.807, 2.05) is 13.8 Å². The van der Waals surface area contributed by atoms with E-state index in [4.69, 9.17) is 0 Å². The molecule has 18 heavy (non-hydrogen) atoms. The fourth-order valence-electron chi connectivity index (χ4n) is 1.49. The van der Waals surface area contributed by atoms with Gasteiger partial charge in [-0.3, -0.25) is 0 Å². The average molecular weight is 288 g/mol. The second kappa shape index (κ2) is 5.69. The van der Waals surface area contributed by atoms with Crippen LogP contribution in [-0.4, -0.2) is 21.0 Å². The van der Waals surface area contributed by atoms with E-state index in [0.717, 1.165) is 11.4 Å². The fraction of sp³-hybridized carbons (Fsp3) is 0.667. The summed E-state index contributed by atoms with van der Waals surface area (Å²) >= 11 is 1.50. The van der Waals surface area contributed by atoms with E-state index in [9.17, 15) is 8.42 Å². The molecule has 0 atom stereocenters. The molecule has 102 valence electrons. The van der Waals surface area contributed by atoms with Gasteiger partial charge in [0.25, 0.3) is 0 Å². The highest BCUT2D eigenvalue weighted by molar-refractivity contribution is 7.89. The Kier molecular flexibility index (Phi) is 4.42. The third-order valence-corrected chi connectivity index (χ3v) is 5.25. The highest BCUT2D eigenvalue weighted by Crippen LogP contribution is 2.22. The molecule has 1 fully saturated rings. The highest BCUT2D eigenvalue weighted by atomic mass is 32.2. The van der Waals surface area contributed by atoms with Gasteiger partial charge in [-0.05, 0) is 24.8 Å². The zero-order chi connectivity index (χ0) is 13.2. The predicted octanol–water partition coefficient (Wildman–Crippen LogP) is 1.93. The molecule has 0 unspecified atom stereocenters. The Bertz CT molecular complexity index is 490. The van der Waals surface area contributed by atoms with Crippen molar-refractivity contribution in [3.63, 3.8) is 0 Å². The van der Waals surface area contributed by atoms with Crippen molar-refractivity contribution in [1.29, 1.82) is 0 Å². The van der Waals surface area contributed by atoms with Crippen LogP contribution < -0.4 is 10.0 Å². The lowest BCUT2D eigenvalue weighted by Gasteiger charge is -2.06. The van der Waals surface area contributed by atoms with Crippen LogP contribution in [0.3, 0.4) is 0 Å². The van der Waals surface area contributed by atoms with Crippen molar-refractivity contribution < 1.29 is 8.42 Å². The maximum absolute atomic E-state index is 12.0. The molecule has 2 rings (SSSR count). The molecule has 0 aromatic carbocycles. The smallest absolute Gasteiger partial charge is 0.241 e. The van der Waals surface area contributed by atoms with Gasteiger partial charge in [-0.2, -0.15) is 0 Å². The van der Waals surface area contributed by atoms with Crippen molar-refractivity contribution in [2.45, 2.75) is 44.2 Å². The first-order chi connectivity index (χ1) is 8.47. The average Bonchev–Trinajstić information content (AvgIpc) is 3.00. The van der Waals surface area contributed by atoms with E-state index in [1.54, 1.807) is 11.4 Å². The summed E-state index contributed by atoms with van der Waals surface area (Å²) in [7, 11) is -3.32. The molecule has 0 bridgehead atoms. The third kappa shape index (κ3) is 4.05. The number of hydrogen-bond acceptors (Lipinski definition) is 4. The Morgan fingerprint density at radius 3 is 2.78 bits per heavy atom. The van der Waals surface area contributed by atoms with E-state index < -0.39 is 10.0 Å². The number of nitrogens with one attached hydrogen (secondary N) is 2. The summed E-state index contributed by atoms with van der Waals surface area (Å²) in [6, 6.07) is 2.41. The Labute approximate surface area is 113 Å². The van der Waals surface area contributed by atoms with E-state index in [2.05, 4.69) is 10.0 Å². The predicted molar refractivity (Wildman–Crippen MR) is 74.2 cm³/mol. The molecule has 1 aromatic heterocycles. The largest absolute Gasteiger partial charge is 0.309 e. The van der Waals surface area contributed by atoms with Gasteiger partial charge < -0.3 is 5.32 Å². The van der Waals surface area contributed by atoms with E-state index in [0.29, 0.717) is 23.4 Å². The minimum Gasteiger partial charge on any atom is -0.309 e. The maximum atomic E-state index is 12.0. The summed E-state index contributed by atoms with van der Waals surface area (Å²) < 4.78 is 26.6. The van der Waals surface area contributed by atoms with Crippen LogP contribution in [0, 0.1) is 5.92 Å². The summed E-state index contributed by atoms with van der Waals surface area (Å²) in [4.78, 5) is 1.47. The zero-order valence-corrected chi connectivity index (χ0v) is 12.4. The molecule has 1 saturated carbocycles.